The summed E-state index contributed by atoms with van der Waals surface area (Å²) in [5, 5.41) is 12.6. The first-order chi connectivity index (χ1) is 8.24. The van der Waals surface area contributed by atoms with Crippen molar-refractivity contribution in [3.05, 3.63) is 30.5 Å². The summed E-state index contributed by atoms with van der Waals surface area (Å²) >= 11 is 5.42. The zero-order chi connectivity index (χ0) is 12.3. The average molecular weight is 253 g/mol. The van der Waals surface area contributed by atoms with Crippen LogP contribution in [0.2, 0.25) is 0 Å². The number of amides is 1. The maximum Gasteiger partial charge on any atom is 0.239 e. The summed E-state index contributed by atoms with van der Waals surface area (Å²) in [5.74, 6) is -0.273. The highest BCUT2D eigenvalue weighted by Gasteiger charge is 2.04. The summed E-state index contributed by atoms with van der Waals surface area (Å²) in [5.41, 5.74) is 1.76. The average Bonchev–Trinajstić information content (AvgIpc) is 2.72. The topological polar surface area (TPSA) is 54.3 Å². The van der Waals surface area contributed by atoms with Crippen molar-refractivity contribution in [3.8, 4) is 0 Å². The van der Waals surface area contributed by atoms with Gasteiger partial charge >= 0.3 is 0 Å². The van der Waals surface area contributed by atoms with Gasteiger partial charge in [0.2, 0.25) is 5.91 Å². The van der Waals surface area contributed by atoms with Gasteiger partial charge < -0.3 is 15.0 Å². The highest BCUT2D eigenvalue weighted by Crippen LogP contribution is 2.20. The molecule has 5 heteroatoms. The van der Waals surface area contributed by atoms with Crippen LogP contribution >= 0.6 is 11.6 Å². The molecule has 1 amide bonds. The van der Waals surface area contributed by atoms with Gasteiger partial charge in [-0.15, -0.1) is 11.6 Å². The Morgan fingerprint density at radius 1 is 1.41 bits per heavy atom. The van der Waals surface area contributed by atoms with Crippen molar-refractivity contribution >= 4 is 34.1 Å². The number of alkyl halides is 1. The van der Waals surface area contributed by atoms with Crippen molar-refractivity contribution in [2.45, 2.75) is 6.54 Å². The van der Waals surface area contributed by atoms with Crippen LogP contribution in [0.1, 0.15) is 0 Å². The quantitative estimate of drug-likeness (QED) is 0.816. The van der Waals surface area contributed by atoms with Crippen molar-refractivity contribution in [1.82, 2.24) is 4.57 Å². The molecule has 2 aromatic rings. The number of rotatable bonds is 4. The van der Waals surface area contributed by atoms with Crippen LogP contribution in [0.25, 0.3) is 10.9 Å². The Balaban J connectivity index is 2.29. The molecule has 0 bridgehead atoms. The second-order valence-corrected chi connectivity index (χ2v) is 3.96. The number of nitrogens with zero attached hydrogens (tertiary/aromatic N) is 1. The number of benzene rings is 1. The molecule has 0 atom stereocenters. The smallest absolute Gasteiger partial charge is 0.239 e. The van der Waals surface area contributed by atoms with E-state index >= 15 is 0 Å². The number of fused-ring (bicyclic) bond motifs is 1. The largest absolute Gasteiger partial charge is 0.395 e. The molecule has 1 heterocycles. The van der Waals surface area contributed by atoms with Gasteiger partial charge in [0, 0.05) is 29.3 Å². The molecule has 0 aliphatic rings. The summed E-state index contributed by atoms with van der Waals surface area (Å²) in [7, 11) is 0. The minimum atomic E-state index is -0.221. The Labute approximate surface area is 104 Å². The normalized spacial score (nSPS) is 10.7. The van der Waals surface area contributed by atoms with Gasteiger partial charge in [0.05, 0.1) is 6.61 Å². The predicted octanol–water partition coefficient (Wildman–Crippen LogP) is 1.81. The van der Waals surface area contributed by atoms with Crippen LogP contribution in [0, 0.1) is 0 Å². The molecule has 0 saturated heterocycles. The van der Waals surface area contributed by atoms with Gasteiger partial charge in [0.1, 0.15) is 5.88 Å². The fraction of sp³-hybridized carbons (Fsp3) is 0.250. The van der Waals surface area contributed by atoms with Crippen molar-refractivity contribution in [1.29, 1.82) is 0 Å². The van der Waals surface area contributed by atoms with Crippen LogP contribution in [0.5, 0.6) is 0 Å². The van der Waals surface area contributed by atoms with Crippen LogP contribution in [-0.4, -0.2) is 28.1 Å². The molecular weight excluding hydrogens is 240 g/mol. The van der Waals surface area contributed by atoms with Gasteiger partial charge in [-0.05, 0) is 24.3 Å². The SMILES string of the molecule is O=C(CCl)Nc1ccc2c(ccn2CCO)c1. The van der Waals surface area contributed by atoms with Crippen LogP contribution in [-0.2, 0) is 11.3 Å². The standard InChI is InChI=1S/C12H13ClN2O2/c13-8-12(17)14-10-1-2-11-9(7-10)3-4-15(11)5-6-16/h1-4,7,16H,5-6,8H2,(H,14,17). The Hall–Kier alpha value is -1.52. The number of anilines is 1. The van der Waals surface area contributed by atoms with Crippen LogP contribution in [0.15, 0.2) is 30.5 Å². The highest BCUT2D eigenvalue weighted by atomic mass is 35.5. The van der Waals surface area contributed by atoms with E-state index in [2.05, 4.69) is 5.32 Å². The molecule has 0 unspecified atom stereocenters. The van der Waals surface area contributed by atoms with Gasteiger partial charge in [-0.1, -0.05) is 0 Å². The molecule has 1 aromatic carbocycles. The van der Waals surface area contributed by atoms with E-state index in [0.29, 0.717) is 6.54 Å². The van der Waals surface area contributed by atoms with Crippen LogP contribution in [0.3, 0.4) is 0 Å². The molecule has 0 aliphatic carbocycles. The number of carbonyl (C=O) groups is 1. The molecular formula is C12H13ClN2O2. The third-order valence-corrected chi connectivity index (χ3v) is 2.76. The van der Waals surface area contributed by atoms with E-state index in [1.54, 1.807) is 0 Å². The Morgan fingerprint density at radius 2 is 2.24 bits per heavy atom. The summed E-state index contributed by atoms with van der Waals surface area (Å²) in [6, 6.07) is 7.56. The Morgan fingerprint density at radius 3 is 2.94 bits per heavy atom. The number of aliphatic hydroxyl groups excluding tert-OH is 1. The molecule has 17 heavy (non-hydrogen) atoms. The second kappa shape index (κ2) is 5.21. The molecule has 2 N–H and O–H groups in total. The van der Waals surface area contributed by atoms with E-state index in [1.165, 1.54) is 0 Å². The first kappa shape index (κ1) is 12.0. The van der Waals surface area contributed by atoms with Crippen LogP contribution < -0.4 is 5.32 Å². The van der Waals surface area contributed by atoms with Crippen LogP contribution in [0.4, 0.5) is 5.69 Å². The molecule has 2 rings (SSSR count). The van der Waals surface area contributed by atoms with Gasteiger partial charge in [-0.25, -0.2) is 0 Å². The first-order valence-corrected chi connectivity index (χ1v) is 5.83. The number of hydrogen-bond acceptors (Lipinski definition) is 2. The molecule has 90 valence electrons. The fourth-order valence-corrected chi connectivity index (χ4v) is 1.84. The molecule has 0 radical (unpaired) electrons. The molecule has 0 aliphatic heterocycles. The third-order valence-electron chi connectivity index (χ3n) is 2.52. The number of aromatic nitrogens is 1. The van der Waals surface area contributed by atoms with Gasteiger partial charge in [-0.2, -0.15) is 0 Å². The highest BCUT2D eigenvalue weighted by molar-refractivity contribution is 6.29. The Bertz CT molecular complexity index is 536. The van der Waals surface area contributed by atoms with Crippen molar-refractivity contribution in [3.63, 3.8) is 0 Å². The van der Waals surface area contributed by atoms with E-state index in [0.717, 1.165) is 16.6 Å². The molecule has 0 spiro atoms. The maximum absolute atomic E-state index is 11.1. The van der Waals surface area contributed by atoms with Gasteiger partial charge in [0.25, 0.3) is 0 Å². The number of aliphatic hydroxyl groups is 1. The van der Waals surface area contributed by atoms with E-state index in [-0.39, 0.29) is 18.4 Å². The number of carbonyl (C=O) groups excluding carboxylic acids is 1. The lowest BCUT2D eigenvalue weighted by molar-refractivity contribution is -0.113. The summed E-state index contributed by atoms with van der Waals surface area (Å²) < 4.78 is 1.96. The number of hydrogen-bond donors (Lipinski definition) is 2. The lowest BCUT2D eigenvalue weighted by Crippen LogP contribution is -2.12. The summed E-state index contributed by atoms with van der Waals surface area (Å²) in [6.45, 7) is 0.672. The zero-order valence-corrected chi connectivity index (χ0v) is 9.94. The monoisotopic (exact) mass is 252 g/mol. The first-order valence-electron chi connectivity index (χ1n) is 5.30. The molecule has 1 aromatic heterocycles. The summed E-state index contributed by atoms with van der Waals surface area (Å²) in [6.07, 6.45) is 1.91. The minimum Gasteiger partial charge on any atom is -0.395 e. The Kier molecular flexibility index (Phi) is 3.66. The number of nitrogens with one attached hydrogen (secondary N) is 1. The zero-order valence-electron chi connectivity index (χ0n) is 9.19. The van der Waals surface area contributed by atoms with Crippen molar-refractivity contribution in [2.24, 2.45) is 0 Å². The van der Waals surface area contributed by atoms with Crippen molar-refractivity contribution in [2.75, 3.05) is 17.8 Å². The lowest BCUT2D eigenvalue weighted by Gasteiger charge is -2.05. The van der Waals surface area contributed by atoms with Crippen molar-refractivity contribution < 1.29 is 9.90 Å². The lowest BCUT2D eigenvalue weighted by atomic mass is 10.2. The van der Waals surface area contributed by atoms with Gasteiger partial charge in [-0.3, -0.25) is 4.79 Å². The van der Waals surface area contributed by atoms with E-state index in [1.807, 2.05) is 35.0 Å². The van der Waals surface area contributed by atoms with E-state index in [4.69, 9.17) is 16.7 Å². The molecule has 0 fully saturated rings. The molecule has 0 saturated carbocycles. The van der Waals surface area contributed by atoms with E-state index in [9.17, 15) is 4.79 Å². The molecule has 4 nitrogen and oxygen atoms in total. The summed E-state index contributed by atoms with van der Waals surface area (Å²) in [4.78, 5) is 11.1. The van der Waals surface area contributed by atoms with Gasteiger partial charge in [0.15, 0.2) is 0 Å². The maximum atomic E-state index is 11.1. The minimum absolute atomic E-state index is 0.0520. The number of halogens is 1. The second-order valence-electron chi connectivity index (χ2n) is 3.69. The third kappa shape index (κ3) is 2.60. The fourth-order valence-electron chi connectivity index (χ4n) is 1.78. The predicted molar refractivity (Wildman–Crippen MR) is 68.4 cm³/mol. The van der Waals surface area contributed by atoms with E-state index < -0.39 is 0 Å².